The van der Waals surface area contributed by atoms with Gasteiger partial charge in [0.25, 0.3) is 0 Å². The zero-order chi connectivity index (χ0) is 14.0. The molecule has 1 heterocycles. The highest BCUT2D eigenvalue weighted by Gasteiger charge is 2.28. The van der Waals surface area contributed by atoms with Crippen LogP contribution in [0.1, 0.15) is 12.0 Å². The third-order valence-electron chi connectivity index (χ3n) is 2.94. The molecule has 0 radical (unpaired) electrons. The minimum atomic E-state index is -3.64. The Bertz CT molecular complexity index is 614. The number of nitrogens with zero attached hydrogens (tertiary/aromatic N) is 1. The summed E-state index contributed by atoms with van der Waals surface area (Å²) >= 11 is 12.1. The Hall–Kier alpha value is -0.590. The molecule has 1 aromatic carbocycles. The fraction of sp³-hybridized carbons (Fsp3) is 0.333. The summed E-state index contributed by atoms with van der Waals surface area (Å²) in [5, 5.41) is 0.470. The van der Waals surface area contributed by atoms with Crippen LogP contribution in [0.25, 0.3) is 0 Å². The van der Waals surface area contributed by atoms with Gasteiger partial charge in [0.15, 0.2) is 0 Å². The first-order valence-electron chi connectivity index (χ1n) is 5.80. The van der Waals surface area contributed by atoms with Crippen LogP contribution in [0, 0.1) is 0 Å². The van der Waals surface area contributed by atoms with E-state index in [4.69, 9.17) is 28.9 Å². The topological polar surface area (TPSA) is 63.4 Å². The van der Waals surface area contributed by atoms with Crippen molar-refractivity contribution >= 4 is 33.2 Å². The van der Waals surface area contributed by atoms with Crippen molar-refractivity contribution in [2.45, 2.75) is 17.9 Å². The average Bonchev–Trinajstić information content (AvgIpc) is 2.41. The van der Waals surface area contributed by atoms with Gasteiger partial charge in [0.05, 0.1) is 5.02 Å². The van der Waals surface area contributed by atoms with E-state index in [2.05, 4.69) is 0 Å². The number of halogens is 2. The molecule has 2 N–H and O–H groups in total. The molecule has 0 unspecified atom stereocenters. The van der Waals surface area contributed by atoms with Crippen molar-refractivity contribution in [1.82, 2.24) is 4.31 Å². The van der Waals surface area contributed by atoms with E-state index in [1.165, 1.54) is 10.4 Å². The maximum absolute atomic E-state index is 12.5. The molecule has 4 nitrogen and oxygen atoms in total. The molecule has 0 atom stereocenters. The second-order valence-electron chi connectivity index (χ2n) is 4.20. The smallest absolute Gasteiger partial charge is 0.244 e. The summed E-state index contributed by atoms with van der Waals surface area (Å²) in [6.07, 6.45) is 4.47. The predicted molar refractivity (Wildman–Crippen MR) is 76.9 cm³/mol. The molecule has 0 amide bonds. The van der Waals surface area contributed by atoms with Crippen molar-refractivity contribution in [1.29, 1.82) is 0 Å². The van der Waals surface area contributed by atoms with Gasteiger partial charge < -0.3 is 5.73 Å². The molecule has 0 aromatic heterocycles. The lowest BCUT2D eigenvalue weighted by Gasteiger charge is -2.23. The van der Waals surface area contributed by atoms with Gasteiger partial charge >= 0.3 is 0 Å². The highest BCUT2D eigenvalue weighted by atomic mass is 35.5. The largest absolute Gasteiger partial charge is 0.326 e. The summed E-state index contributed by atoms with van der Waals surface area (Å²) in [7, 11) is -3.64. The van der Waals surface area contributed by atoms with Gasteiger partial charge in [0.2, 0.25) is 10.0 Å². The van der Waals surface area contributed by atoms with Gasteiger partial charge in [-0.15, -0.1) is 0 Å². The summed E-state index contributed by atoms with van der Waals surface area (Å²) in [6.45, 7) is 0.935. The molecule has 1 aliphatic heterocycles. The van der Waals surface area contributed by atoms with Crippen molar-refractivity contribution in [2.75, 3.05) is 13.1 Å². The second-order valence-corrected chi connectivity index (χ2v) is 6.93. The van der Waals surface area contributed by atoms with Crippen LogP contribution in [0.15, 0.2) is 29.2 Å². The maximum Gasteiger partial charge on any atom is 0.244 e. The fourth-order valence-electron chi connectivity index (χ4n) is 1.93. The number of sulfonamides is 1. The molecule has 0 spiro atoms. The summed E-state index contributed by atoms with van der Waals surface area (Å²) in [6, 6.07) is 2.95. The van der Waals surface area contributed by atoms with E-state index in [0.29, 0.717) is 30.1 Å². The highest BCUT2D eigenvalue weighted by molar-refractivity contribution is 7.89. The van der Waals surface area contributed by atoms with Crippen molar-refractivity contribution in [3.63, 3.8) is 0 Å². The fourth-order valence-corrected chi connectivity index (χ4v) is 4.26. The molecule has 0 fully saturated rings. The monoisotopic (exact) mass is 320 g/mol. The first kappa shape index (κ1) is 14.8. The lowest BCUT2D eigenvalue weighted by Crippen LogP contribution is -2.34. The van der Waals surface area contributed by atoms with Crippen LogP contribution in [-0.4, -0.2) is 25.8 Å². The molecular weight excluding hydrogens is 307 g/mol. The molecular formula is C12H14Cl2N2O2S. The first-order valence-corrected chi connectivity index (χ1v) is 7.99. The lowest BCUT2D eigenvalue weighted by atomic mass is 10.2. The molecule has 1 aliphatic rings. The average molecular weight is 321 g/mol. The molecule has 0 saturated carbocycles. The van der Waals surface area contributed by atoms with Gasteiger partial charge in [0, 0.05) is 24.7 Å². The van der Waals surface area contributed by atoms with Crippen LogP contribution in [0.4, 0.5) is 0 Å². The number of benzene rings is 1. The third-order valence-corrected chi connectivity index (χ3v) is 5.60. The first-order chi connectivity index (χ1) is 8.96. The van der Waals surface area contributed by atoms with E-state index in [0.717, 1.165) is 0 Å². The normalized spacial score (nSPS) is 16.8. The van der Waals surface area contributed by atoms with E-state index in [1.807, 2.05) is 12.2 Å². The minimum absolute atomic E-state index is 0.0254. The number of hydrogen-bond donors (Lipinski definition) is 1. The molecule has 19 heavy (non-hydrogen) atoms. The Morgan fingerprint density at radius 2 is 2.00 bits per heavy atom. The molecule has 104 valence electrons. The maximum atomic E-state index is 12.5. The van der Waals surface area contributed by atoms with Crippen LogP contribution in [0.3, 0.4) is 0 Å². The van der Waals surface area contributed by atoms with E-state index < -0.39 is 10.0 Å². The minimum Gasteiger partial charge on any atom is -0.326 e. The Kier molecular flexibility index (Phi) is 4.53. The lowest BCUT2D eigenvalue weighted by molar-refractivity contribution is 0.437. The highest BCUT2D eigenvalue weighted by Crippen LogP contribution is 2.31. The summed E-state index contributed by atoms with van der Waals surface area (Å²) < 4.78 is 26.5. The molecule has 0 saturated heterocycles. The quantitative estimate of drug-likeness (QED) is 0.870. The Labute approximate surface area is 122 Å². The molecule has 7 heteroatoms. The van der Waals surface area contributed by atoms with Gasteiger partial charge in [-0.1, -0.05) is 35.4 Å². The van der Waals surface area contributed by atoms with Gasteiger partial charge in [0.1, 0.15) is 4.90 Å². The third kappa shape index (κ3) is 2.95. The van der Waals surface area contributed by atoms with Gasteiger partial charge in [-0.05, 0) is 24.1 Å². The molecule has 1 aromatic rings. The zero-order valence-corrected chi connectivity index (χ0v) is 12.5. The van der Waals surface area contributed by atoms with Gasteiger partial charge in [-0.25, -0.2) is 8.42 Å². The van der Waals surface area contributed by atoms with Crippen LogP contribution in [0.2, 0.25) is 10.0 Å². The molecule has 2 rings (SSSR count). The Morgan fingerprint density at radius 1 is 1.26 bits per heavy atom. The van der Waals surface area contributed by atoms with Crippen molar-refractivity contribution in [3.05, 3.63) is 39.9 Å². The Balaban J connectivity index is 2.51. The standard InChI is InChI=1S/C12H14Cl2N2O2S/c13-10-6-9(8-15)12(14)11(7-10)19(17,18)16-4-2-1-3-5-16/h1-2,6-7H,3-5,8,15H2. The van der Waals surface area contributed by atoms with Crippen molar-refractivity contribution in [2.24, 2.45) is 5.73 Å². The Morgan fingerprint density at radius 3 is 2.58 bits per heavy atom. The van der Waals surface area contributed by atoms with E-state index >= 15 is 0 Å². The van der Waals surface area contributed by atoms with Crippen molar-refractivity contribution in [3.8, 4) is 0 Å². The van der Waals surface area contributed by atoms with E-state index in [1.54, 1.807) is 6.07 Å². The predicted octanol–water partition coefficient (Wildman–Crippen LogP) is 2.40. The number of hydrogen-bond acceptors (Lipinski definition) is 3. The van der Waals surface area contributed by atoms with E-state index in [-0.39, 0.29) is 16.5 Å². The van der Waals surface area contributed by atoms with Crippen LogP contribution >= 0.6 is 23.2 Å². The number of nitrogens with two attached hydrogens (primary N) is 1. The summed E-state index contributed by atoms with van der Waals surface area (Å²) in [4.78, 5) is 0.0254. The van der Waals surface area contributed by atoms with Gasteiger partial charge in [-0.3, -0.25) is 0 Å². The molecule has 0 bridgehead atoms. The summed E-state index contributed by atoms with van der Waals surface area (Å²) in [5.41, 5.74) is 6.08. The summed E-state index contributed by atoms with van der Waals surface area (Å²) in [5.74, 6) is 0. The molecule has 0 aliphatic carbocycles. The van der Waals surface area contributed by atoms with Crippen molar-refractivity contribution < 1.29 is 8.42 Å². The second kappa shape index (κ2) is 5.81. The SMILES string of the molecule is NCc1cc(Cl)cc(S(=O)(=O)N2CC=CCC2)c1Cl. The zero-order valence-electron chi connectivity index (χ0n) is 10.1. The van der Waals surface area contributed by atoms with E-state index in [9.17, 15) is 8.42 Å². The van der Waals surface area contributed by atoms with Crippen LogP contribution in [-0.2, 0) is 16.6 Å². The van der Waals surface area contributed by atoms with Gasteiger partial charge in [-0.2, -0.15) is 4.31 Å². The number of rotatable bonds is 3. The van der Waals surface area contributed by atoms with Crippen LogP contribution in [0.5, 0.6) is 0 Å². The van der Waals surface area contributed by atoms with Crippen LogP contribution < -0.4 is 5.73 Å².